The lowest BCUT2D eigenvalue weighted by Crippen LogP contribution is -2.58. The Labute approximate surface area is 141 Å². The fourth-order valence-corrected chi connectivity index (χ4v) is 3.35. The lowest BCUT2D eigenvalue weighted by Gasteiger charge is -2.38. The van der Waals surface area contributed by atoms with Crippen LogP contribution in [0.4, 0.5) is 4.79 Å². The molecule has 126 valence electrons. The zero-order valence-corrected chi connectivity index (χ0v) is 13.5. The Morgan fingerprint density at radius 1 is 1.25 bits per heavy atom. The van der Waals surface area contributed by atoms with Crippen molar-refractivity contribution in [3.63, 3.8) is 0 Å². The highest BCUT2D eigenvalue weighted by Gasteiger charge is 2.41. The van der Waals surface area contributed by atoms with Crippen LogP contribution in [0.3, 0.4) is 0 Å². The zero-order chi connectivity index (χ0) is 16.9. The van der Waals surface area contributed by atoms with E-state index in [-0.39, 0.29) is 30.6 Å². The molecule has 1 aliphatic heterocycles. The van der Waals surface area contributed by atoms with Gasteiger partial charge in [-0.05, 0) is 30.7 Å². The highest BCUT2D eigenvalue weighted by atomic mass is 16.5. The number of hydrogen-bond acceptors (Lipinski definition) is 3. The predicted octanol–water partition coefficient (Wildman–Crippen LogP) is 2.90. The van der Waals surface area contributed by atoms with E-state index in [1.165, 1.54) is 0 Å². The Bertz CT molecular complexity index is 654. The van der Waals surface area contributed by atoms with Crippen molar-refractivity contribution < 1.29 is 14.3 Å². The third-order valence-corrected chi connectivity index (χ3v) is 4.60. The van der Waals surface area contributed by atoms with Crippen molar-refractivity contribution in [1.82, 2.24) is 10.6 Å². The first kappa shape index (κ1) is 16.3. The molecule has 3 unspecified atom stereocenters. The van der Waals surface area contributed by atoms with Crippen LogP contribution in [0.1, 0.15) is 24.8 Å². The zero-order valence-electron chi connectivity index (χ0n) is 13.5. The van der Waals surface area contributed by atoms with Crippen molar-refractivity contribution in [3.8, 4) is 0 Å². The van der Waals surface area contributed by atoms with Crippen LogP contribution in [-0.4, -0.2) is 18.0 Å². The standard InChI is InChI=1S/C19H22N2O3/c1-13-16(18(22)24-12-14-8-4-2-5-9-14)17(21-19(23)20-13)15-10-6-3-7-11-15/h2-6,8-9,15-17H,1,7,10-12H2,(H2,20,21,23). The van der Waals surface area contributed by atoms with Gasteiger partial charge in [0.15, 0.2) is 0 Å². The Kier molecular flexibility index (Phi) is 4.99. The molecule has 1 aliphatic carbocycles. The highest BCUT2D eigenvalue weighted by molar-refractivity contribution is 5.85. The van der Waals surface area contributed by atoms with Crippen LogP contribution < -0.4 is 10.6 Å². The van der Waals surface area contributed by atoms with Crippen LogP contribution in [0.25, 0.3) is 0 Å². The molecular formula is C19H22N2O3. The molecule has 0 saturated carbocycles. The second-order valence-corrected chi connectivity index (χ2v) is 6.27. The first-order chi connectivity index (χ1) is 11.6. The molecule has 5 nitrogen and oxygen atoms in total. The molecular weight excluding hydrogens is 304 g/mol. The van der Waals surface area contributed by atoms with E-state index < -0.39 is 5.92 Å². The number of esters is 1. The normalized spacial score (nSPS) is 26.4. The maximum atomic E-state index is 12.6. The summed E-state index contributed by atoms with van der Waals surface area (Å²) in [5.41, 5.74) is 1.35. The van der Waals surface area contributed by atoms with Crippen LogP contribution in [0, 0.1) is 11.8 Å². The van der Waals surface area contributed by atoms with Crippen LogP contribution in [0.15, 0.2) is 54.8 Å². The molecule has 1 fully saturated rings. The summed E-state index contributed by atoms with van der Waals surface area (Å²) in [5.74, 6) is -0.703. The molecule has 0 bridgehead atoms. The maximum Gasteiger partial charge on any atom is 0.319 e. The number of rotatable bonds is 4. The summed E-state index contributed by atoms with van der Waals surface area (Å²) in [5, 5.41) is 5.51. The number of ether oxygens (including phenoxy) is 1. The number of carbonyl (C=O) groups excluding carboxylic acids is 2. The van der Waals surface area contributed by atoms with Gasteiger partial charge in [-0.1, -0.05) is 49.1 Å². The van der Waals surface area contributed by atoms with E-state index in [2.05, 4.69) is 29.4 Å². The number of benzene rings is 1. The van der Waals surface area contributed by atoms with Crippen molar-refractivity contribution >= 4 is 12.0 Å². The molecule has 1 saturated heterocycles. The van der Waals surface area contributed by atoms with Gasteiger partial charge in [-0.2, -0.15) is 0 Å². The lowest BCUT2D eigenvalue weighted by atomic mass is 9.79. The minimum absolute atomic E-state index is 0.215. The molecule has 0 aromatic heterocycles. The average Bonchev–Trinajstić information content (AvgIpc) is 2.60. The summed E-state index contributed by atoms with van der Waals surface area (Å²) in [6.07, 6.45) is 7.00. The monoisotopic (exact) mass is 326 g/mol. The van der Waals surface area contributed by atoms with Gasteiger partial charge < -0.3 is 15.4 Å². The Morgan fingerprint density at radius 3 is 2.75 bits per heavy atom. The first-order valence-electron chi connectivity index (χ1n) is 8.27. The van der Waals surface area contributed by atoms with Gasteiger partial charge in [0.05, 0.1) is 6.04 Å². The molecule has 0 radical (unpaired) electrons. The SMILES string of the molecule is C=C1NC(=O)NC(C2CC=CCC2)C1C(=O)OCc1ccccc1. The summed E-state index contributed by atoms with van der Waals surface area (Å²) < 4.78 is 5.49. The molecule has 2 aliphatic rings. The quantitative estimate of drug-likeness (QED) is 0.660. The van der Waals surface area contributed by atoms with Gasteiger partial charge in [0.1, 0.15) is 12.5 Å². The van der Waals surface area contributed by atoms with E-state index in [9.17, 15) is 9.59 Å². The van der Waals surface area contributed by atoms with Gasteiger partial charge >= 0.3 is 12.0 Å². The molecule has 1 aromatic rings. The Balaban J connectivity index is 1.71. The van der Waals surface area contributed by atoms with E-state index in [1.807, 2.05) is 30.3 Å². The Morgan fingerprint density at radius 2 is 2.04 bits per heavy atom. The summed E-state index contributed by atoms with van der Waals surface area (Å²) in [7, 11) is 0. The van der Waals surface area contributed by atoms with Gasteiger partial charge in [0.2, 0.25) is 0 Å². The summed E-state index contributed by atoms with van der Waals surface area (Å²) in [6.45, 7) is 4.09. The van der Waals surface area contributed by atoms with Crippen molar-refractivity contribution in [2.45, 2.75) is 31.9 Å². The van der Waals surface area contributed by atoms with Crippen molar-refractivity contribution in [3.05, 3.63) is 60.3 Å². The average molecular weight is 326 g/mol. The molecule has 1 heterocycles. The second-order valence-electron chi connectivity index (χ2n) is 6.27. The third kappa shape index (κ3) is 3.67. The molecule has 0 spiro atoms. The number of hydrogen-bond donors (Lipinski definition) is 2. The van der Waals surface area contributed by atoms with Crippen molar-refractivity contribution in [1.29, 1.82) is 0 Å². The molecule has 3 atom stereocenters. The minimum atomic E-state index is -0.567. The highest BCUT2D eigenvalue weighted by Crippen LogP contribution is 2.31. The van der Waals surface area contributed by atoms with Crippen LogP contribution >= 0.6 is 0 Å². The molecule has 2 N–H and O–H groups in total. The van der Waals surface area contributed by atoms with E-state index in [4.69, 9.17) is 4.74 Å². The van der Waals surface area contributed by atoms with E-state index in [1.54, 1.807) is 0 Å². The minimum Gasteiger partial charge on any atom is -0.460 e. The van der Waals surface area contributed by atoms with Gasteiger partial charge in [0.25, 0.3) is 0 Å². The smallest absolute Gasteiger partial charge is 0.319 e. The fourth-order valence-electron chi connectivity index (χ4n) is 3.35. The summed E-state index contributed by atoms with van der Waals surface area (Å²) >= 11 is 0. The van der Waals surface area contributed by atoms with Gasteiger partial charge in [-0.3, -0.25) is 4.79 Å². The molecule has 3 rings (SSSR count). The molecule has 24 heavy (non-hydrogen) atoms. The van der Waals surface area contributed by atoms with Crippen LogP contribution in [0.5, 0.6) is 0 Å². The number of urea groups is 1. The van der Waals surface area contributed by atoms with Gasteiger partial charge in [-0.25, -0.2) is 4.79 Å². The predicted molar refractivity (Wildman–Crippen MR) is 90.8 cm³/mol. The second kappa shape index (κ2) is 7.34. The van der Waals surface area contributed by atoms with Crippen molar-refractivity contribution in [2.24, 2.45) is 11.8 Å². The maximum absolute atomic E-state index is 12.6. The molecule has 1 aromatic carbocycles. The first-order valence-corrected chi connectivity index (χ1v) is 8.27. The topological polar surface area (TPSA) is 67.4 Å². The molecule has 2 amide bonds. The number of carbonyl (C=O) groups is 2. The van der Waals surface area contributed by atoms with E-state index in [0.717, 1.165) is 24.8 Å². The molecule has 5 heteroatoms. The lowest BCUT2D eigenvalue weighted by molar-refractivity contribution is -0.150. The van der Waals surface area contributed by atoms with Gasteiger partial charge in [0, 0.05) is 5.70 Å². The van der Waals surface area contributed by atoms with Gasteiger partial charge in [-0.15, -0.1) is 0 Å². The van der Waals surface area contributed by atoms with Crippen LogP contribution in [-0.2, 0) is 16.1 Å². The number of amides is 2. The number of allylic oxidation sites excluding steroid dienone is 2. The summed E-state index contributed by atoms with van der Waals surface area (Å²) in [6, 6.07) is 8.97. The number of nitrogens with one attached hydrogen (secondary N) is 2. The van der Waals surface area contributed by atoms with E-state index >= 15 is 0 Å². The summed E-state index contributed by atoms with van der Waals surface area (Å²) in [4.78, 5) is 24.5. The van der Waals surface area contributed by atoms with Crippen LogP contribution in [0.2, 0.25) is 0 Å². The van der Waals surface area contributed by atoms with Crippen molar-refractivity contribution in [2.75, 3.05) is 0 Å². The Hall–Kier alpha value is -2.56. The largest absolute Gasteiger partial charge is 0.460 e. The third-order valence-electron chi connectivity index (χ3n) is 4.60. The fraction of sp³-hybridized carbons (Fsp3) is 0.368. The van der Waals surface area contributed by atoms with E-state index in [0.29, 0.717) is 5.70 Å².